The monoisotopic (exact) mass is 152 g/mol. The van der Waals surface area contributed by atoms with Crippen LogP contribution < -0.4 is 0 Å². The van der Waals surface area contributed by atoms with Crippen LogP contribution in [0.15, 0.2) is 12.4 Å². The second-order valence-corrected chi connectivity index (χ2v) is 2.96. The number of hydrogen-bond donors (Lipinski definition) is 1. The largest absolute Gasteiger partial charge is 0.505 e. The second kappa shape index (κ2) is 3.32. The molecule has 0 spiro atoms. The molecule has 0 saturated carbocycles. The molecule has 0 amide bonds. The summed E-state index contributed by atoms with van der Waals surface area (Å²) < 4.78 is 0. The third-order valence-electron chi connectivity index (χ3n) is 1.28. The van der Waals surface area contributed by atoms with Crippen LogP contribution in [0.5, 0.6) is 5.75 Å². The van der Waals surface area contributed by atoms with Gasteiger partial charge < -0.3 is 5.11 Å². The average Bonchev–Trinajstić information content (AvgIpc) is 1.93. The molecule has 0 fully saturated rings. The maximum Gasteiger partial charge on any atom is 0.152 e. The summed E-state index contributed by atoms with van der Waals surface area (Å²) in [6.45, 7) is 4.21. The number of hydrogen-bond acceptors (Lipinski definition) is 3. The SMILES string of the molecule is CC(C)Cc1ncc(O)cn1. The van der Waals surface area contributed by atoms with Gasteiger partial charge in [-0.15, -0.1) is 0 Å². The molecule has 3 heteroatoms. The van der Waals surface area contributed by atoms with E-state index in [0.717, 1.165) is 12.2 Å². The highest BCUT2D eigenvalue weighted by Gasteiger charge is 1.99. The van der Waals surface area contributed by atoms with E-state index in [1.807, 2.05) is 0 Å². The zero-order valence-corrected chi connectivity index (χ0v) is 6.78. The highest BCUT2D eigenvalue weighted by atomic mass is 16.3. The fraction of sp³-hybridized carbons (Fsp3) is 0.500. The summed E-state index contributed by atoms with van der Waals surface area (Å²) in [4.78, 5) is 7.91. The summed E-state index contributed by atoms with van der Waals surface area (Å²) in [6, 6.07) is 0. The molecule has 0 radical (unpaired) electrons. The summed E-state index contributed by atoms with van der Waals surface area (Å²) in [7, 11) is 0. The van der Waals surface area contributed by atoms with Crippen LogP contribution in [0.2, 0.25) is 0 Å². The van der Waals surface area contributed by atoms with E-state index in [0.29, 0.717) is 5.92 Å². The lowest BCUT2D eigenvalue weighted by Gasteiger charge is -2.01. The maximum atomic E-state index is 8.87. The Morgan fingerprint density at radius 1 is 1.36 bits per heavy atom. The molecule has 1 aromatic heterocycles. The fourth-order valence-electron chi connectivity index (χ4n) is 0.819. The molecule has 1 heterocycles. The summed E-state index contributed by atoms with van der Waals surface area (Å²) in [5.74, 6) is 1.47. The smallest absolute Gasteiger partial charge is 0.152 e. The lowest BCUT2D eigenvalue weighted by atomic mass is 10.1. The van der Waals surface area contributed by atoms with Crippen molar-refractivity contribution in [3.63, 3.8) is 0 Å². The number of nitrogens with zero attached hydrogens (tertiary/aromatic N) is 2. The molecule has 1 rings (SSSR count). The van der Waals surface area contributed by atoms with Gasteiger partial charge in [-0.25, -0.2) is 9.97 Å². The van der Waals surface area contributed by atoms with Crippen molar-refractivity contribution in [1.82, 2.24) is 9.97 Å². The van der Waals surface area contributed by atoms with E-state index in [1.54, 1.807) is 0 Å². The maximum absolute atomic E-state index is 8.87. The van der Waals surface area contributed by atoms with Gasteiger partial charge in [-0.2, -0.15) is 0 Å². The molecule has 0 aromatic carbocycles. The Bertz CT molecular complexity index is 218. The molecule has 0 saturated heterocycles. The molecule has 60 valence electrons. The molecule has 0 unspecified atom stereocenters. The highest BCUT2D eigenvalue weighted by Crippen LogP contribution is 2.05. The molecular formula is C8H12N2O. The second-order valence-electron chi connectivity index (χ2n) is 2.96. The van der Waals surface area contributed by atoms with Gasteiger partial charge >= 0.3 is 0 Å². The van der Waals surface area contributed by atoms with Gasteiger partial charge in [0.05, 0.1) is 12.4 Å². The van der Waals surface area contributed by atoms with Crippen LogP contribution in [0.4, 0.5) is 0 Å². The van der Waals surface area contributed by atoms with Gasteiger partial charge in [-0.05, 0) is 5.92 Å². The lowest BCUT2D eigenvalue weighted by molar-refractivity contribution is 0.467. The topological polar surface area (TPSA) is 46.0 Å². The first-order valence-corrected chi connectivity index (χ1v) is 3.68. The minimum absolute atomic E-state index is 0.123. The molecule has 3 nitrogen and oxygen atoms in total. The summed E-state index contributed by atoms with van der Waals surface area (Å²) in [5.41, 5.74) is 0. The van der Waals surface area contributed by atoms with Gasteiger partial charge in [0.1, 0.15) is 5.82 Å². The Kier molecular flexibility index (Phi) is 2.41. The summed E-state index contributed by atoms with van der Waals surface area (Å²) >= 11 is 0. The van der Waals surface area contributed by atoms with E-state index >= 15 is 0 Å². The van der Waals surface area contributed by atoms with Gasteiger partial charge in [0.15, 0.2) is 5.75 Å². The van der Waals surface area contributed by atoms with Crippen molar-refractivity contribution in [3.8, 4) is 5.75 Å². The minimum Gasteiger partial charge on any atom is -0.505 e. The van der Waals surface area contributed by atoms with Crippen molar-refractivity contribution in [1.29, 1.82) is 0 Å². The molecule has 0 aliphatic rings. The van der Waals surface area contributed by atoms with Gasteiger partial charge in [-0.3, -0.25) is 0 Å². The van der Waals surface area contributed by atoms with Crippen molar-refractivity contribution < 1.29 is 5.11 Å². The van der Waals surface area contributed by atoms with Crippen LogP contribution >= 0.6 is 0 Å². The molecule has 11 heavy (non-hydrogen) atoms. The molecule has 0 atom stereocenters. The predicted octanol–water partition coefficient (Wildman–Crippen LogP) is 1.38. The van der Waals surface area contributed by atoms with Crippen molar-refractivity contribution >= 4 is 0 Å². The van der Waals surface area contributed by atoms with Crippen LogP contribution in [-0.4, -0.2) is 15.1 Å². The Morgan fingerprint density at radius 3 is 2.36 bits per heavy atom. The van der Waals surface area contributed by atoms with E-state index in [-0.39, 0.29) is 5.75 Å². The number of aromatic nitrogens is 2. The standard InChI is InChI=1S/C8H12N2O/c1-6(2)3-8-9-4-7(11)5-10-8/h4-6,11H,3H2,1-2H3. The fourth-order valence-corrected chi connectivity index (χ4v) is 0.819. The van der Waals surface area contributed by atoms with E-state index < -0.39 is 0 Å². The van der Waals surface area contributed by atoms with Crippen molar-refractivity contribution in [3.05, 3.63) is 18.2 Å². The molecule has 1 aromatic rings. The Morgan fingerprint density at radius 2 is 1.91 bits per heavy atom. The molecule has 0 aliphatic carbocycles. The van der Waals surface area contributed by atoms with E-state index in [2.05, 4.69) is 23.8 Å². The van der Waals surface area contributed by atoms with Gasteiger partial charge in [-0.1, -0.05) is 13.8 Å². The van der Waals surface area contributed by atoms with Gasteiger partial charge in [0.2, 0.25) is 0 Å². The van der Waals surface area contributed by atoms with Crippen molar-refractivity contribution in [2.45, 2.75) is 20.3 Å². The van der Waals surface area contributed by atoms with E-state index in [4.69, 9.17) is 5.11 Å². The molecule has 0 aliphatic heterocycles. The Labute approximate surface area is 66.1 Å². The average molecular weight is 152 g/mol. The van der Waals surface area contributed by atoms with E-state index in [1.165, 1.54) is 12.4 Å². The quantitative estimate of drug-likeness (QED) is 0.696. The first-order chi connectivity index (χ1) is 5.18. The zero-order chi connectivity index (χ0) is 8.27. The normalized spacial score (nSPS) is 10.5. The highest BCUT2D eigenvalue weighted by molar-refractivity contribution is 5.09. The van der Waals surface area contributed by atoms with Gasteiger partial charge in [0.25, 0.3) is 0 Å². The predicted molar refractivity (Wildman–Crippen MR) is 42.2 cm³/mol. The summed E-state index contributed by atoms with van der Waals surface area (Å²) in [6.07, 6.45) is 3.70. The van der Waals surface area contributed by atoms with Crippen molar-refractivity contribution in [2.75, 3.05) is 0 Å². The molecule has 0 bridgehead atoms. The Hall–Kier alpha value is -1.12. The Balaban J connectivity index is 2.66. The van der Waals surface area contributed by atoms with Gasteiger partial charge in [0, 0.05) is 6.42 Å². The summed E-state index contributed by atoms with van der Waals surface area (Å²) in [5, 5.41) is 8.87. The zero-order valence-electron chi connectivity index (χ0n) is 6.78. The number of rotatable bonds is 2. The molecular weight excluding hydrogens is 140 g/mol. The third-order valence-corrected chi connectivity index (χ3v) is 1.28. The van der Waals surface area contributed by atoms with Crippen LogP contribution in [0.25, 0.3) is 0 Å². The van der Waals surface area contributed by atoms with Crippen LogP contribution in [0, 0.1) is 5.92 Å². The molecule has 1 N–H and O–H groups in total. The van der Waals surface area contributed by atoms with Crippen LogP contribution in [0.1, 0.15) is 19.7 Å². The first kappa shape index (κ1) is 7.98. The lowest BCUT2D eigenvalue weighted by Crippen LogP contribution is -1.99. The van der Waals surface area contributed by atoms with Crippen LogP contribution in [-0.2, 0) is 6.42 Å². The number of aromatic hydroxyl groups is 1. The van der Waals surface area contributed by atoms with Crippen molar-refractivity contribution in [2.24, 2.45) is 5.92 Å². The van der Waals surface area contributed by atoms with E-state index in [9.17, 15) is 0 Å². The first-order valence-electron chi connectivity index (χ1n) is 3.68. The minimum atomic E-state index is 0.123. The van der Waals surface area contributed by atoms with Crippen LogP contribution in [0.3, 0.4) is 0 Å². The third kappa shape index (κ3) is 2.53.